The lowest BCUT2D eigenvalue weighted by Gasteiger charge is -2.33. The van der Waals surface area contributed by atoms with E-state index in [1.54, 1.807) is 35.2 Å². The zero-order valence-corrected chi connectivity index (χ0v) is 22.9. The number of halogens is 4. The Morgan fingerprint density at radius 3 is 2.27 bits per heavy atom. The molecule has 4 nitrogen and oxygen atoms in total. The minimum atomic E-state index is -0.631. The normalized spacial score (nSPS) is 12.4. The average Bonchev–Trinajstić information content (AvgIpc) is 2.70. The van der Waals surface area contributed by atoms with Crippen LogP contribution in [0.25, 0.3) is 0 Å². The summed E-state index contributed by atoms with van der Waals surface area (Å²) in [6.07, 6.45) is 0.469. The zero-order chi connectivity index (χ0) is 24.8. The van der Waals surface area contributed by atoms with Gasteiger partial charge in [-0.3, -0.25) is 9.59 Å². The fourth-order valence-electron chi connectivity index (χ4n) is 3.17. The molecule has 0 radical (unpaired) electrons. The summed E-state index contributed by atoms with van der Waals surface area (Å²) in [5.41, 5.74) is 1.28. The molecule has 0 aliphatic rings. The fraction of sp³-hybridized carbons (Fsp3) is 0.417. The maximum Gasteiger partial charge on any atom is 0.243 e. The van der Waals surface area contributed by atoms with E-state index in [4.69, 9.17) is 46.4 Å². The molecule has 0 saturated carbocycles. The molecule has 0 bridgehead atoms. The first-order valence-corrected chi connectivity index (χ1v) is 13.1. The predicted molar refractivity (Wildman–Crippen MR) is 142 cm³/mol. The summed E-state index contributed by atoms with van der Waals surface area (Å²) in [5.74, 6) is 0.438. The predicted octanol–water partition coefficient (Wildman–Crippen LogP) is 7.26. The minimum absolute atomic E-state index is 0.151. The molecule has 0 unspecified atom stereocenters. The molecule has 0 aliphatic heterocycles. The molecule has 0 aliphatic carbocycles. The first-order chi connectivity index (χ1) is 15.4. The third-order valence-corrected chi connectivity index (χ3v) is 7.03. The number of nitrogens with zero attached hydrogens (tertiary/aromatic N) is 1. The Labute approximate surface area is 220 Å². The maximum absolute atomic E-state index is 13.3. The highest BCUT2D eigenvalue weighted by Gasteiger charge is 2.31. The Kier molecular flexibility index (Phi) is 10.7. The van der Waals surface area contributed by atoms with Crippen LogP contribution in [0.3, 0.4) is 0 Å². The largest absolute Gasteiger partial charge is 0.350 e. The van der Waals surface area contributed by atoms with E-state index in [-0.39, 0.29) is 24.1 Å². The van der Waals surface area contributed by atoms with Crippen molar-refractivity contribution in [3.05, 3.63) is 67.6 Å². The Morgan fingerprint density at radius 1 is 1.00 bits per heavy atom. The number of carbonyl (C=O) groups excluding carboxylic acids is 2. The van der Waals surface area contributed by atoms with Crippen LogP contribution in [0.2, 0.25) is 20.1 Å². The lowest BCUT2D eigenvalue weighted by molar-refractivity contribution is -0.140. The smallest absolute Gasteiger partial charge is 0.243 e. The Bertz CT molecular complexity index is 995. The third-order valence-electron chi connectivity index (χ3n) is 4.72. The number of amides is 2. The van der Waals surface area contributed by atoms with Crippen LogP contribution in [-0.4, -0.2) is 34.0 Å². The summed E-state index contributed by atoms with van der Waals surface area (Å²) >= 11 is 25.9. The molecule has 2 rings (SSSR count). The van der Waals surface area contributed by atoms with Gasteiger partial charge < -0.3 is 10.2 Å². The minimum Gasteiger partial charge on any atom is -0.350 e. The van der Waals surface area contributed by atoms with Gasteiger partial charge in [-0.25, -0.2) is 0 Å². The van der Waals surface area contributed by atoms with Crippen molar-refractivity contribution in [2.45, 2.75) is 58.0 Å². The van der Waals surface area contributed by atoms with Gasteiger partial charge in [0.2, 0.25) is 11.8 Å². The second-order valence-corrected chi connectivity index (χ2v) is 11.3. The molecule has 1 atom stereocenters. The molecule has 9 heteroatoms. The number of hydrogen-bond donors (Lipinski definition) is 1. The van der Waals surface area contributed by atoms with Gasteiger partial charge in [0.15, 0.2) is 0 Å². The van der Waals surface area contributed by atoms with Crippen molar-refractivity contribution in [2.24, 2.45) is 0 Å². The summed E-state index contributed by atoms with van der Waals surface area (Å²) in [6.45, 7) is 7.82. The molecular formula is C24H28Cl4N2O2S. The van der Waals surface area contributed by atoms with Crippen molar-refractivity contribution in [1.82, 2.24) is 10.2 Å². The van der Waals surface area contributed by atoms with Gasteiger partial charge in [0.05, 0.1) is 15.8 Å². The highest BCUT2D eigenvalue weighted by molar-refractivity contribution is 7.99. The van der Waals surface area contributed by atoms with Crippen molar-refractivity contribution >= 4 is 70.0 Å². The van der Waals surface area contributed by atoms with Crippen LogP contribution < -0.4 is 5.32 Å². The van der Waals surface area contributed by atoms with Crippen LogP contribution in [0.1, 0.15) is 45.2 Å². The molecule has 2 aromatic rings. The quantitative estimate of drug-likeness (QED) is 0.358. The second-order valence-electron chi connectivity index (χ2n) is 8.66. The van der Waals surface area contributed by atoms with Gasteiger partial charge in [-0.05, 0) is 62.6 Å². The standard InChI is InChI=1S/C24H28Cl4N2O2S/c1-5-21(23(32)29-24(2,3)4)30(12-16-7-8-17(25)11-19(16)27)22(31)14-33-13-15-6-9-18(26)20(28)10-15/h6-11,21H,5,12-14H2,1-4H3,(H,29,32)/t21-/m0/s1. The summed E-state index contributed by atoms with van der Waals surface area (Å²) in [4.78, 5) is 27.9. The van der Waals surface area contributed by atoms with Crippen molar-refractivity contribution in [1.29, 1.82) is 0 Å². The molecular weight excluding hydrogens is 522 g/mol. The number of benzene rings is 2. The van der Waals surface area contributed by atoms with Crippen LogP contribution in [0.15, 0.2) is 36.4 Å². The maximum atomic E-state index is 13.3. The molecule has 1 N–H and O–H groups in total. The lowest BCUT2D eigenvalue weighted by atomic mass is 10.1. The van der Waals surface area contributed by atoms with E-state index >= 15 is 0 Å². The highest BCUT2D eigenvalue weighted by atomic mass is 35.5. The van der Waals surface area contributed by atoms with Gasteiger partial charge in [0, 0.05) is 27.9 Å². The van der Waals surface area contributed by atoms with Crippen molar-refractivity contribution in [2.75, 3.05) is 5.75 Å². The Hall–Kier alpha value is -1.11. The van der Waals surface area contributed by atoms with Gasteiger partial charge in [-0.15, -0.1) is 11.8 Å². The topological polar surface area (TPSA) is 49.4 Å². The van der Waals surface area contributed by atoms with E-state index in [0.29, 0.717) is 32.3 Å². The van der Waals surface area contributed by atoms with Gasteiger partial charge >= 0.3 is 0 Å². The monoisotopic (exact) mass is 548 g/mol. The van der Waals surface area contributed by atoms with E-state index in [2.05, 4.69) is 5.32 Å². The van der Waals surface area contributed by atoms with Crippen molar-refractivity contribution < 1.29 is 9.59 Å². The number of nitrogens with one attached hydrogen (secondary N) is 1. The van der Waals surface area contributed by atoms with E-state index in [1.165, 1.54) is 11.8 Å². The first kappa shape index (κ1) is 28.1. The average molecular weight is 550 g/mol. The van der Waals surface area contributed by atoms with Crippen LogP contribution in [-0.2, 0) is 21.9 Å². The Morgan fingerprint density at radius 2 is 1.70 bits per heavy atom. The van der Waals surface area contributed by atoms with Crippen LogP contribution >= 0.6 is 58.2 Å². The van der Waals surface area contributed by atoms with Gasteiger partial charge in [-0.2, -0.15) is 0 Å². The van der Waals surface area contributed by atoms with Crippen molar-refractivity contribution in [3.63, 3.8) is 0 Å². The summed E-state index contributed by atoms with van der Waals surface area (Å²) in [6, 6.07) is 9.91. The number of thioether (sulfide) groups is 1. The van der Waals surface area contributed by atoms with Crippen LogP contribution in [0.5, 0.6) is 0 Å². The van der Waals surface area contributed by atoms with Crippen LogP contribution in [0, 0.1) is 0 Å². The third kappa shape index (κ3) is 8.88. The van der Waals surface area contributed by atoms with Gasteiger partial charge in [0.1, 0.15) is 6.04 Å². The van der Waals surface area contributed by atoms with E-state index in [1.807, 2.05) is 33.8 Å². The first-order valence-electron chi connectivity index (χ1n) is 10.5. The molecule has 2 aromatic carbocycles. The van der Waals surface area contributed by atoms with E-state index < -0.39 is 11.6 Å². The van der Waals surface area contributed by atoms with Crippen molar-refractivity contribution in [3.8, 4) is 0 Å². The molecule has 2 amide bonds. The number of rotatable bonds is 9. The molecule has 0 saturated heterocycles. The second kappa shape index (κ2) is 12.6. The summed E-state index contributed by atoms with van der Waals surface area (Å²) in [7, 11) is 0. The molecule has 180 valence electrons. The lowest BCUT2D eigenvalue weighted by Crippen LogP contribution is -2.53. The zero-order valence-electron chi connectivity index (χ0n) is 19.1. The van der Waals surface area contributed by atoms with E-state index in [9.17, 15) is 9.59 Å². The molecule has 0 spiro atoms. The summed E-state index contributed by atoms with van der Waals surface area (Å²) < 4.78 is 0. The fourth-order valence-corrected chi connectivity index (χ4v) is 4.82. The van der Waals surface area contributed by atoms with Crippen LogP contribution in [0.4, 0.5) is 0 Å². The number of hydrogen-bond acceptors (Lipinski definition) is 3. The molecule has 0 heterocycles. The molecule has 0 fully saturated rings. The SMILES string of the molecule is CC[C@@H](C(=O)NC(C)(C)C)N(Cc1ccc(Cl)cc1Cl)C(=O)CSCc1ccc(Cl)c(Cl)c1. The summed E-state index contributed by atoms with van der Waals surface area (Å²) in [5, 5.41) is 4.92. The number of carbonyl (C=O) groups is 2. The molecule has 0 aromatic heterocycles. The highest BCUT2D eigenvalue weighted by Crippen LogP contribution is 2.26. The van der Waals surface area contributed by atoms with Gasteiger partial charge in [-0.1, -0.05) is 65.5 Å². The Balaban J connectivity index is 2.20. The van der Waals surface area contributed by atoms with E-state index in [0.717, 1.165) is 11.1 Å². The molecule has 33 heavy (non-hydrogen) atoms. The van der Waals surface area contributed by atoms with Gasteiger partial charge in [0.25, 0.3) is 0 Å².